The summed E-state index contributed by atoms with van der Waals surface area (Å²) in [5, 5.41) is 4.87. The normalized spacial score (nSPS) is 14.6. The molecule has 0 N–H and O–H groups in total. The third-order valence-electron chi connectivity index (χ3n) is 5.40. The molecule has 0 atom stereocenters. The van der Waals surface area contributed by atoms with Crippen molar-refractivity contribution in [1.82, 2.24) is 9.78 Å². The molecule has 0 unspecified atom stereocenters. The fourth-order valence-corrected chi connectivity index (χ4v) is 4.53. The molecule has 3 aromatic rings. The van der Waals surface area contributed by atoms with E-state index in [4.69, 9.17) is 16.3 Å². The predicted molar refractivity (Wildman–Crippen MR) is 122 cm³/mol. The lowest BCUT2D eigenvalue weighted by molar-refractivity contribution is 0.152. The van der Waals surface area contributed by atoms with Crippen molar-refractivity contribution in [2.75, 3.05) is 0 Å². The molecule has 0 aliphatic heterocycles. The topological polar surface area (TPSA) is 78.3 Å². The van der Waals surface area contributed by atoms with Gasteiger partial charge in [0, 0.05) is 10.6 Å². The minimum absolute atomic E-state index is 0.0147. The van der Waals surface area contributed by atoms with Gasteiger partial charge in [0.2, 0.25) is 0 Å². The highest BCUT2D eigenvalue weighted by molar-refractivity contribution is 7.71. The van der Waals surface area contributed by atoms with Crippen molar-refractivity contribution < 1.29 is 13.2 Å². The van der Waals surface area contributed by atoms with Crippen LogP contribution in [0.3, 0.4) is 0 Å². The lowest BCUT2D eigenvalue weighted by atomic mass is 9.97. The van der Waals surface area contributed by atoms with E-state index in [2.05, 4.69) is 5.10 Å². The Morgan fingerprint density at radius 3 is 2.48 bits per heavy atom. The molecular formula is C23H23ClN2O4S. The van der Waals surface area contributed by atoms with Crippen LogP contribution in [-0.4, -0.2) is 24.3 Å². The molecule has 1 aliphatic rings. The molecule has 0 spiro atoms. The standard InChI is InChI=1S/C23H23ClN2O4S/c24-18-5-4-6-19(13-18)26-23(27)22(30-20-7-2-1-3-8-20)21(14-25-26)17-11-9-16(10-12-17)15-31(28)29/h4-6,9-14,20,31H,1-3,7-8,15H2. The van der Waals surface area contributed by atoms with Gasteiger partial charge in [0.05, 0.1) is 23.7 Å². The summed E-state index contributed by atoms with van der Waals surface area (Å²) in [6.45, 7) is 0. The SMILES string of the molecule is O=c1c(OC2CCCCC2)c(-c2ccc(C[SH](=O)=O)cc2)cnn1-c1cccc(Cl)c1. The number of rotatable bonds is 6. The highest BCUT2D eigenvalue weighted by Crippen LogP contribution is 2.30. The second kappa shape index (κ2) is 9.66. The summed E-state index contributed by atoms with van der Waals surface area (Å²) in [7, 11) is -2.50. The van der Waals surface area contributed by atoms with Crippen LogP contribution in [0.4, 0.5) is 0 Å². The van der Waals surface area contributed by atoms with Crippen LogP contribution in [0, 0.1) is 0 Å². The van der Waals surface area contributed by atoms with E-state index in [-0.39, 0.29) is 23.2 Å². The summed E-state index contributed by atoms with van der Waals surface area (Å²) in [5.74, 6) is 0.236. The van der Waals surface area contributed by atoms with Crippen LogP contribution in [0.5, 0.6) is 5.75 Å². The number of benzene rings is 2. The number of ether oxygens (including phenoxy) is 1. The molecule has 0 saturated heterocycles. The van der Waals surface area contributed by atoms with Gasteiger partial charge in [-0.1, -0.05) is 48.4 Å². The molecule has 1 saturated carbocycles. The van der Waals surface area contributed by atoms with Crippen molar-refractivity contribution in [1.29, 1.82) is 0 Å². The lowest BCUT2D eigenvalue weighted by Crippen LogP contribution is -2.28. The van der Waals surface area contributed by atoms with Gasteiger partial charge in [0.15, 0.2) is 5.75 Å². The Morgan fingerprint density at radius 1 is 1.06 bits per heavy atom. The zero-order chi connectivity index (χ0) is 21.8. The van der Waals surface area contributed by atoms with Crippen LogP contribution in [0.25, 0.3) is 16.8 Å². The molecule has 0 bridgehead atoms. The number of nitrogens with zero attached hydrogens (tertiary/aromatic N) is 2. The molecular weight excluding hydrogens is 436 g/mol. The Balaban J connectivity index is 1.78. The molecule has 8 heteroatoms. The number of aromatic nitrogens is 2. The maximum Gasteiger partial charge on any atom is 0.314 e. The molecule has 4 rings (SSSR count). The summed E-state index contributed by atoms with van der Waals surface area (Å²) in [6.07, 6.45) is 6.76. The molecule has 162 valence electrons. The second-order valence-electron chi connectivity index (χ2n) is 7.65. The largest absolute Gasteiger partial charge is 0.484 e. The Morgan fingerprint density at radius 2 is 1.81 bits per heavy atom. The van der Waals surface area contributed by atoms with Crippen LogP contribution < -0.4 is 10.3 Å². The first-order valence-electron chi connectivity index (χ1n) is 10.3. The van der Waals surface area contributed by atoms with E-state index in [0.29, 0.717) is 21.8 Å². The third kappa shape index (κ3) is 5.17. The highest BCUT2D eigenvalue weighted by Gasteiger charge is 2.21. The lowest BCUT2D eigenvalue weighted by Gasteiger charge is -2.24. The zero-order valence-corrected chi connectivity index (χ0v) is 18.5. The minimum atomic E-state index is -2.50. The van der Waals surface area contributed by atoms with Crippen molar-refractivity contribution in [2.45, 2.75) is 44.0 Å². The van der Waals surface area contributed by atoms with Gasteiger partial charge in [0.25, 0.3) is 0 Å². The Hall–Kier alpha value is -2.64. The summed E-state index contributed by atoms with van der Waals surface area (Å²) in [4.78, 5) is 13.4. The number of hydrogen-bond donors (Lipinski definition) is 1. The number of halogens is 1. The molecule has 0 amide bonds. The Kier molecular flexibility index (Phi) is 6.73. The van der Waals surface area contributed by atoms with Crippen molar-refractivity contribution in [2.24, 2.45) is 0 Å². The molecule has 0 radical (unpaired) electrons. The summed E-state index contributed by atoms with van der Waals surface area (Å²) in [6, 6.07) is 14.0. The Labute approximate surface area is 187 Å². The van der Waals surface area contributed by atoms with E-state index in [1.54, 1.807) is 54.7 Å². The molecule has 2 aromatic carbocycles. The predicted octanol–water partition coefficient (Wildman–Crippen LogP) is 4.38. The monoisotopic (exact) mass is 458 g/mol. The van der Waals surface area contributed by atoms with Gasteiger partial charge in [-0.05, 0) is 55.0 Å². The number of thiol groups is 1. The summed E-state index contributed by atoms with van der Waals surface area (Å²) in [5.41, 5.74) is 2.24. The van der Waals surface area contributed by atoms with Crippen LogP contribution in [0.1, 0.15) is 37.7 Å². The van der Waals surface area contributed by atoms with Gasteiger partial charge < -0.3 is 4.74 Å². The zero-order valence-electron chi connectivity index (χ0n) is 16.9. The van der Waals surface area contributed by atoms with E-state index in [1.807, 2.05) is 0 Å². The van der Waals surface area contributed by atoms with Gasteiger partial charge in [0.1, 0.15) is 10.7 Å². The number of hydrogen-bond acceptors (Lipinski definition) is 5. The van der Waals surface area contributed by atoms with Crippen LogP contribution in [0.2, 0.25) is 5.02 Å². The second-order valence-corrected chi connectivity index (χ2v) is 9.07. The van der Waals surface area contributed by atoms with Crippen molar-refractivity contribution in [3.63, 3.8) is 0 Å². The third-order valence-corrected chi connectivity index (χ3v) is 6.26. The molecule has 1 heterocycles. The average molecular weight is 459 g/mol. The van der Waals surface area contributed by atoms with E-state index in [9.17, 15) is 13.2 Å². The minimum Gasteiger partial charge on any atom is -0.484 e. The quantitative estimate of drug-likeness (QED) is 0.555. The smallest absolute Gasteiger partial charge is 0.314 e. The van der Waals surface area contributed by atoms with Crippen molar-refractivity contribution in [3.8, 4) is 22.6 Å². The van der Waals surface area contributed by atoms with Gasteiger partial charge in [-0.15, -0.1) is 0 Å². The van der Waals surface area contributed by atoms with E-state index in [0.717, 1.165) is 31.2 Å². The van der Waals surface area contributed by atoms with Gasteiger partial charge in [-0.3, -0.25) is 4.79 Å². The van der Waals surface area contributed by atoms with Crippen molar-refractivity contribution >= 4 is 22.3 Å². The molecule has 6 nitrogen and oxygen atoms in total. The van der Waals surface area contributed by atoms with Crippen LogP contribution >= 0.6 is 11.6 Å². The Bertz CT molecular complexity index is 1190. The van der Waals surface area contributed by atoms with Gasteiger partial charge in [-0.2, -0.15) is 9.78 Å². The van der Waals surface area contributed by atoms with E-state index >= 15 is 0 Å². The maximum absolute atomic E-state index is 13.4. The summed E-state index contributed by atoms with van der Waals surface area (Å²) < 4.78 is 29.5. The van der Waals surface area contributed by atoms with Crippen LogP contribution in [-0.2, 0) is 16.5 Å². The average Bonchev–Trinajstić information content (AvgIpc) is 2.76. The van der Waals surface area contributed by atoms with Crippen LogP contribution in [0.15, 0.2) is 59.5 Å². The highest BCUT2D eigenvalue weighted by atomic mass is 35.5. The summed E-state index contributed by atoms with van der Waals surface area (Å²) >= 11 is 6.10. The first kappa shape index (κ1) is 21.6. The molecule has 31 heavy (non-hydrogen) atoms. The molecule has 1 fully saturated rings. The maximum atomic E-state index is 13.4. The first-order valence-corrected chi connectivity index (χ1v) is 12.0. The first-order chi connectivity index (χ1) is 15.0. The molecule has 1 aromatic heterocycles. The van der Waals surface area contributed by atoms with E-state index in [1.165, 1.54) is 11.1 Å². The van der Waals surface area contributed by atoms with Crippen molar-refractivity contribution in [3.05, 3.63) is 75.7 Å². The van der Waals surface area contributed by atoms with E-state index < -0.39 is 10.7 Å². The van der Waals surface area contributed by atoms with Gasteiger partial charge in [-0.25, -0.2) is 8.42 Å². The fraction of sp³-hybridized carbons (Fsp3) is 0.304. The van der Waals surface area contributed by atoms with Gasteiger partial charge >= 0.3 is 5.56 Å². The fourth-order valence-electron chi connectivity index (χ4n) is 3.84. The molecule has 1 aliphatic carbocycles.